The van der Waals surface area contributed by atoms with Crippen LogP contribution in [0.3, 0.4) is 0 Å². The normalized spacial score (nSPS) is 9.88. The number of hydrogen-bond acceptors (Lipinski definition) is 1. The summed E-state index contributed by atoms with van der Waals surface area (Å²) in [6, 6.07) is 14.8. The van der Waals surface area contributed by atoms with E-state index in [1.807, 2.05) is 36.4 Å². The van der Waals surface area contributed by atoms with Gasteiger partial charge in [-0.3, -0.25) is 0 Å². The molecule has 2 nitrogen and oxygen atoms in total. The van der Waals surface area contributed by atoms with Crippen molar-refractivity contribution in [1.82, 2.24) is 0 Å². The standard InChI is InChI=1S/C15H12O2/c1-2-11-3-5-12(6-4-11)13-7-9-14(10-8-13)15(16)17/h2-10H,1H2,(H,16,17). The molecule has 0 fully saturated rings. The second-order valence-electron chi connectivity index (χ2n) is 3.71. The van der Waals surface area contributed by atoms with Gasteiger partial charge in [0.2, 0.25) is 0 Å². The monoisotopic (exact) mass is 224 g/mol. The lowest BCUT2D eigenvalue weighted by Gasteiger charge is -2.03. The van der Waals surface area contributed by atoms with Crippen LogP contribution in [0.5, 0.6) is 0 Å². The Labute approximate surface area is 99.8 Å². The van der Waals surface area contributed by atoms with E-state index in [0.717, 1.165) is 16.7 Å². The second kappa shape index (κ2) is 4.66. The highest BCUT2D eigenvalue weighted by atomic mass is 16.4. The maximum atomic E-state index is 10.7. The molecule has 0 heterocycles. The summed E-state index contributed by atoms with van der Waals surface area (Å²) in [6.45, 7) is 3.70. The number of carboxylic acids is 1. The van der Waals surface area contributed by atoms with Gasteiger partial charge in [-0.05, 0) is 28.8 Å². The fourth-order valence-electron chi connectivity index (χ4n) is 1.62. The zero-order chi connectivity index (χ0) is 12.3. The molecule has 2 rings (SSSR count). The highest BCUT2D eigenvalue weighted by Gasteiger charge is 2.02. The number of rotatable bonds is 3. The van der Waals surface area contributed by atoms with Crippen molar-refractivity contribution >= 4 is 12.0 Å². The van der Waals surface area contributed by atoms with Crippen LogP contribution in [-0.4, -0.2) is 11.1 Å². The minimum absolute atomic E-state index is 0.302. The minimum atomic E-state index is -0.904. The van der Waals surface area contributed by atoms with Crippen molar-refractivity contribution in [2.45, 2.75) is 0 Å². The molecule has 0 radical (unpaired) electrons. The molecular formula is C15H12O2. The predicted octanol–water partition coefficient (Wildman–Crippen LogP) is 3.69. The number of carboxylic acid groups (broad SMARTS) is 1. The van der Waals surface area contributed by atoms with Gasteiger partial charge in [0.15, 0.2) is 0 Å². The first-order chi connectivity index (χ1) is 8.20. The second-order valence-corrected chi connectivity index (χ2v) is 3.71. The quantitative estimate of drug-likeness (QED) is 0.863. The van der Waals surface area contributed by atoms with Gasteiger partial charge in [0.1, 0.15) is 0 Å². The molecule has 0 atom stereocenters. The zero-order valence-electron chi connectivity index (χ0n) is 9.26. The summed E-state index contributed by atoms with van der Waals surface area (Å²) >= 11 is 0. The first kappa shape index (κ1) is 11.1. The third-order valence-electron chi connectivity index (χ3n) is 2.61. The van der Waals surface area contributed by atoms with E-state index in [4.69, 9.17) is 5.11 Å². The van der Waals surface area contributed by atoms with E-state index < -0.39 is 5.97 Å². The third-order valence-corrected chi connectivity index (χ3v) is 2.61. The Balaban J connectivity index is 2.32. The molecule has 0 unspecified atom stereocenters. The summed E-state index contributed by atoms with van der Waals surface area (Å²) in [4.78, 5) is 10.7. The Morgan fingerprint density at radius 2 is 1.41 bits per heavy atom. The van der Waals surface area contributed by atoms with Crippen LogP contribution in [0.1, 0.15) is 15.9 Å². The number of aromatic carboxylic acids is 1. The third kappa shape index (κ3) is 2.42. The van der Waals surface area contributed by atoms with Crippen LogP contribution in [0.15, 0.2) is 55.1 Å². The zero-order valence-corrected chi connectivity index (χ0v) is 9.26. The van der Waals surface area contributed by atoms with Crippen LogP contribution < -0.4 is 0 Å². The van der Waals surface area contributed by atoms with Gasteiger partial charge in [-0.2, -0.15) is 0 Å². The van der Waals surface area contributed by atoms with Gasteiger partial charge in [0.05, 0.1) is 5.56 Å². The van der Waals surface area contributed by atoms with Crippen LogP contribution in [0.4, 0.5) is 0 Å². The van der Waals surface area contributed by atoms with Crippen molar-refractivity contribution < 1.29 is 9.90 Å². The van der Waals surface area contributed by atoms with Crippen LogP contribution in [0, 0.1) is 0 Å². The molecule has 2 aromatic rings. The summed E-state index contributed by atoms with van der Waals surface area (Å²) in [5.74, 6) is -0.904. The smallest absolute Gasteiger partial charge is 0.335 e. The Morgan fingerprint density at radius 3 is 1.82 bits per heavy atom. The first-order valence-corrected chi connectivity index (χ1v) is 5.27. The Kier molecular flexibility index (Phi) is 3.06. The highest BCUT2D eigenvalue weighted by molar-refractivity contribution is 5.88. The summed E-state index contributed by atoms with van der Waals surface area (Å²) in [5.41, 5.74) is 3.44. The molecule has 0 aromatic heterocycles. The predicted molar refractivity (Wildman–Crippen MR) is 68.9 cm³/mol. The van der Waals surface area contributed by atoms with Gasteiger partial charge in [-0.1, -0.05) is 49.1 Å². The van der Waals surface area contributed by atoms with Gasteiger partial charge in [-0.25, -0.2) is 4.79 Å². The maximum absolute atomic E-state index is 10.7. The number of hydrogen-bond donors (Lipinski definition) is 1. The highest BCUT2D eigenvalue weighted by Crippen LogP contribution is 2.20. The maximum Gasteiger partial charge on any atom is 0.335 e. The average Bonchev–Trinajstić information content (AvgIpc) is 2.39. The lowest BCUT2D eigenvalue weighted by atomic mass is 10.0. The molecule has 17 heavy (non-hydrogen) atoms. The molecule has 0 saturated heterocycles. The summed E-state index contributed by atoms with van der Waals surface area (Å²) in [5, 5.41) is 8.80. The first-order valence-electron chi connectivity index (χ1n) is 5.27. The van der Waals surface area contributed by atoms with Gasteiger partial charge in [0, 0.05) is 0 Å². The van der Waals surface area contributed by atoms with Crippen molar-refractivity contribution in [2.75, 3.05) is 0 Å². The van der Waals surface area contributed by atoms with E-state index in [0.29, 0.717) is 5.56 Å². The molecule has 0 spiro atoms. The van der Waals surface area contributed by atoms with E-state index in [9.17, 15) is 4.79 Å². The number of carbonyl (C=O) groups is 1. The van der Waals surface area contributed by atoms with Gasteiger partial charge in [-0.15, -0.1) is 0 Å². The van der Waals surface area contributed by atoms with Crippen molar-refractivity contribution in [3.63, 3.8) is 0 Å². The van der Waals surface area contributed by atoms with Crippen LogP contribution >= 0.6 is 0 Å². The Bertz CT molecular complexity index is 536. The van der Waals surface area contributed by atoms with Crippen LogP contribution in [-0.2, 0) is 0 Å². The number of benzene rings is 2. The average molecular weight is 224 g/mol. The molecule has 0 aliphatic heterocycles. The molecule has 1 N–H and O–H groups in total. The van der Waals surface area contributed by atoms with Crippen molar-refractivity contribution in [3.8, 4) is 11.1 Å². The van der Waals surface area contributed by atoms with Crippen molar-refractivity contribution in [2.24, 2.45) is 0 Å². The minimum Gasteiger partial charge on any atom is -0.478 e. The molecule has 2 heteroatoms. The Hall–Kier alpha value is -2.35. The molecule has 0 aliphatic rings. The van der Waals surface area contributed by atoms with Crippen molar-refractivity contribution in [3.05, 3.63) is 66.2 Å². The Morgan fingerprint density at radius 1 is 0.941 bits per heavy atom. The molecule has 0 amide bonds. The van der Waals surface area contributed by atoms with E-state index in [1.165, 1.54) is 0 Å². The fourth-order valence-corrected chi connectivity index (χ4v) is 1.62. The molecular weight excluding hydrogens is 212 g/mol. The van der Waals surface area contributed by atoms with E-state index >= 15 is 0 Å². The summed E-state index contributed by atoms with van der Waals surface area (Å²) in [7, 11) is 0. The fraction of sp³-hybridized carbons (Fsp3) is 0. The van der Waals surface area contributed by atoms with E-state index in [2.05, 4.69) is 6.58 Å². The van der Waals surface area contributed by atoms with Crippen LogP contribution in [0.25, 0.3) is 17.2 Å². The van der Waals surface area contributed by atoms with Crippen molar-refractivity contribution in [1.29, 1.82) is 0 Å². The summed E-state index contributed by atoms with van der Waals surface area (Å²) in [6.07, 6.45) is 1.79. The molecule has 84 valence electrons. The SMILES string of the molecule is C=Cc1ccc(-c2ccc(C(=O)O)cc2)cc1. The topological polar surface area (TPSA) is 37.3 Å². The molecule has 0 bridgehead atoms. The molecule has 0 aliphatic carbocycles. The van der Waals surface area contributed by atoms with E-state index in [-0.39, 0.29) is 0 Å². The molecule has 0 saturated carbocycles. The molecule has 2 aromatic carbocycles. The lowest BCUT2D eigenvalue weighted by molar-refractivity contribution is 0.0697. The summed E-state index contributed by atoms with van der Waals surface area (Å²) < 4.78 is 0. The van der Waals surface area contributed by atoms with E-state index in [1.54, 1.807) is 18.2 Å². The van der Waals surface area contributed by atoms with Gasteiger partial charge in [0.25, 0.3) is 0 Å². The largest absolute Gasteiger partial charge is 0.478 e. The van der Waals surface area contributed by atoms with Gasteiger partial charge < -0.3 is 5.11 Å². The van der Waals surface area contributed by atoms with Gasteiger partial charge >= 0.3 is 5.97 Å². The lowest BCUT2D eigenvalue weighted by Crippen LogP contribution is -1.94. The van der Waals surface area contributed by atoms with Crippen LogP contribution in [0.2, 0.25) is 0 Å².